The van der Waals surface area contributed by atoms with Crippen LogP contribution in [0.3, 0.4) is 0 Å². The Morgan fingerprint density at radius 3 is 2.74 bits per heavy atom. The molecule has 0 atom stereocenters. The van der Waals surface area contributed by atoms with Crippen LogP contribution in [0.2, 0.25) is 0 Å². The van der Waals surface area contributed by atoms with Gasteiger partial charge in [0.1, 0.15) is 0 Å². The third-order valence-electron chi connectivity index (χ3n) is 2.64. The largest absolute Gasteiger partial charge is 0.461 e. The Morgan fingerprint density at radius 1 is 1.35 bits per heavy atom. The van der Waals surface area contributed by atoms with E-state index in [9.17, 15) is 22.8 Å². The SMILES string of the molecule is CCOC(=O)c1nnsc1NC(=O)c1cccc(C(F)(F)F)c1. The fourth-order valence-electron chi connectivity index (χ4n) is 1.62. The molecule has 1 aromatic carbocycles. The van der Waals surface area contributed by atoms with Crippen molar-refractivity contribution >= 4 is 28.4 Å². The van der Waals surface area contributed by atoms with Gasteiger partial charge in [-0.25, -0.2) is 4.79 Å². The molecular weight excluding hydrogens is 335 g/mol. The minimum absolute atomic E-state index is 0.00543. The first-order valence-electron chi connectivity index (χ1n) is 6.31. The van der Waals surface area contributed by atoms with E-state index in [1.807, 2.05) is 0 Å². The molecule has 10 heteroatoms. The van der Waals surface area contributed by atoms with E-state index >= 15 is 0 Å². The Kier molecular flexibility index (Phi) is 4.94. The molecule has 1 amide bonds. The number of esters is 1. The third-order valence-corrected chi connectivity index (χ3v) is 3.28. The average Bonchev–Trinajstić information content (AvgIpc) is 2.95. The number of halogens is 3. The lowest BCUT2D eigenvalue weighted by Gasteiger charge is -2.08. The normalized spacial score (nSPS) is 11.1. The Bertz CT molecular complexity index is 730. The maximum absolute atomic E-state index is 12.7. The van der Waals surface area contributed by atoms with Crippen LogP contribution in [0.4, 0.5) is 18.2 Å². The Morgan fingerprint density at radius 2 is 2.09 bits per heavy atom. The molecule has 1 heterocycles. The second kappa shape index (κ2) is 6.73. The van der Waals surface area contributed by atoms with Gasteiger partial charge in [-0.05, 0) is 25.1 Å². The fraction of sp³-hybridized carbons (Fsp3) is 0.231. The summed E-state index contributed by atoms with van der Waals surface area (Å²) < 4.78 is 46.2. The molecule has 0 unspecified atom stereocenters. The van der Waals surface area contributed by atoms with Crippen molar-refractivity contribution in [3.63, 3.8) is 0 Å². The molecule has 1 aromatic heterocycles. The molecule has 2 rings (SSSR count). The highest BCUT2D eigenvalue weighted by molar-refractivity contribution is 7.10. The monoisotopic (exact) mass is 345 g/mol. The van der Waals surface area contributed by atoms with Crippen molar-refractivity contribution in [3.8, 4) is 0 Å². The molecule has 0 fully saturated rings. The molecule has 0 aliphatic carbocycles. The summed E-state index contributed by atoms with van der Waals surface area (Å²) in [7, 11) is 0. The number of benzene rings is 1. The van der Waals surface area contributed by atoms with Gasteiger partial charge in [-0.3, -0.25) is 4.79 Å². The lowest BCUT2D eigenvalue weighted by molar-refractivity contribution is -0.137. The third kappa shape index (κ3) is 4.03. The van der Waals surface area contributed by atoms with Crippen LogP contribution < -0.4 is 5.32 Å². The first-order valence-corrected chi connectivity index (χ1v) is 7.08. The summed E-state index contributed by atoms with van der Waals surface area (Å²) in [6.07, 6.45) is -4.56. The van der Waals surface area contributed by atoms with Crippen LogP contribution >= 0.6 is 11.5 Å². The van der Waals surface area contributed by atoms with Crippen LogP contribution in [-0.4, -0.2) is 28.1 Å². The van der Waals surface area contributed by atoms with E-state index in [4.69, 9.17) is 4.74 Å². The van der Waals surface area contributed by atoms with Crippen LogP contribution in [0.15, 0.2) is 24.3 Å². The molecule has 0 spiro atoms. The number of aromatic nitrogens is 2. The number of hydrogen-bond acceptors (Lipinski definition) is 6. The van der Waals surface area contributed by atoms with E-state index in [2.05, 4.69) is 14.9 Å². The number of alkyl halides is 3. The number of nitrogens with zero attached hydrogens (tertiary/aromatic N) is 2. The summed E-state index contributed by atoms with van der Waals surface area (Å²) >= 11 is 0.720. The van der Waals surface area contributed by atoms with Gasteiger partial charge in [-0.1, -0.05) is 10.6 Å². The van der Waals surface area contributed by atoms with Crippen LogP contribution in [0, 0.1) is 0 Å². The van der Waals surface area contributed by atoms with Gasteiger partial charge in [-0.2, -0.15) is 13.2 Å². The van der Waals surface area contributed by atoms with Crippen molar-refractivity contribution in [2.24, 2.45) is 0 Å². The van der Waals surface area contributed by atoms with Crippen molar-refractivity contribution in [2.45, 2.75) is 13.1 Å². The summed E-state index contributed by atoms with van der Waals surface area (Å²) in [5.74, 6) is -1.59. The lowest BCUT2D eigenvalue weighted by atomic mass is 10.1. The molecule has 122 valence electrons. The smallest absolute Gasteiger partial charge is 0.416 e. The number of carbonyl (C=O) groups excluding carboxylic acids is 2. The first-order chi connectivity index (χ1) is 10.8. The summed E-state index contributed by atoms with van der Waals surface area (Å²) in [5, 5.41) is 5.85. The predicted octanol–water partition coefficient (Wildman–Crippen LogP) is 2.99. The highest BCUT2D eigenvalue weighted by Gasteiger charge is 2.31. The molecular formula is C13H10F3N3O3S. The van der Waals surface area contributed by atoms with Gasteiger partial charge < -0.3 is 10.1 Å². The number of carbonyl (C=O) groups is 2. The molecule has 0 radical (unpaired) electrons. The summed E-state index contributed by atoms with van der Waals surface area (Å²) in [6, 6.07) is 3.92. The zero-order valence-electron chi connectivity index (χ0n) is 11.7. The van der Waals surface area contributed by atoms with E-state index < -0.39 is 23.6 Å². The molecule has 0 aliphatic rings. The van der Waals surface area contributed by atoms with Crippen molar-refractivity contribution in [1.29, 1.82) is 0 Å². The minimum Gasteiger partial charge on any atom is -0.461 e. The number of rotatable bonds is 4. The highest BCUT2D eigenvalue weighted by atomic mass is 32.1. The maximum Gasteiger partial charge on any atom is 0.416 e. The standard InChI is InChI=1S/C13H10F3N3O3S/c1-2-22-12(21)9-11(23-19-18-9)17-10(20)7-4-3-5-8(6-7)13(14,15)16/h3-6H,2H2,1H3,(H,17,20). The van der Waals surface area contributed by atoms with Gasteiger partial charge in [0.15, 0.2) is 5.00 Å². The van der Waals surface area contributed by atoms with E-state index in [-0.39, 0.29) is 22.9 Å². The summed E-state index contributed by atoms with van der Waals surface area (Å²) in [4.78, 5) is 23.7. The summed E-state index contributed by atoms with van der Waals surface area (Å²) in [6.45, 7) is 1.70. The molecule has 23 heavy (non-hydrogen) atoms. The quantitative estimate of drug-likeness (QED) is 0.862. The van der Waals surface area contributed by atoms with Crippen LogP contribution in [0.5, 0.6) is 0 Å². The molecule has 1 N–H and O–H groups in total. The summed E-state index contributed by atoms with van der Waals surface area (Å²) in [5.41, 5.74) is -1.35. The van der Waals surface area contributed by atoms with Gasteiger partial charge in [0, 0.05) is 17.1 Å². The van der Waals surface area contributed by atoms with Gasteiger partial charge in [0.2, 0.25) is 5.69 Å². The molecule has 0 bridgehead atoms. The second-order valence-corrected chi connectivity index (χ2v) is 4.96. The number of amides is 1. The van der Waals surface area contributed by atoms with Crippen molar-refractivity contribution in [2.75, 3.05) is 11.9 Å². The molecule has 0 saturated carbocycles. The number of nitrogens with one attached hydrogen (secondary N) is 1. The second-order valence-electron chi connectivity index (χ2n) is 4.20. The van der Waals surface area contributed by atoms with Crippen LogP contribution in [-0.2, 0) is 10.9 Å². The van der Waals surface area contributed by atoms with Gasteiger partial charge in [0.25, 0.3) is 5.91 Å². The van der Waals surface area contributed by atoms with Gasteiger partial charge in [-0.15, -0.1) is 5.10 Å². The predicted molar refractivity (Wildman–Crippen MR) is 75.3 cm³/mol. The number of anilines is 1. The number of ether oxygens (including phenoxy) is 1. The Balaban J connectivity index is 2.21. The molecule has 6 nitrogen and oxygen atoms in total. The molecule has 0 saturated heterocycles. The number of hydrogen-bond donors (Lipinski definition) is 1. The van der Waals surface area contributed by atoms with Crippen molar-refractivity contribution in [3.05, 3.63) is 41.1 Å². The fourth-order valence-corrected chi connectivity index (χ4v) is 2.17. The molecule has 2 aromatic rings. The first kappa shape index (κ1) is 16.9. The minimum atomic E-state index is -4.56. The average molecular weight is 345 g/mol. The van der Waals surface area contributed by atoms with E-state index in [1.54, 1.807) is 6.92 Å². The lowest BCUT2D eigenvalue weighted by Crippen LogP contribution is -2.16. The van der Waals surface area contributed by atoms with Gasteiger partial charge in [0.05, 0.1) is 12.2 Å². The maximum atomic E-state index is 12.7. The highest BCUT2D eigenvalue weighted by Crippen LogP contribution is 2.30. The van der Waals surface area contributed by atoms with Crippen molar-refractivity contribution in [1.82, 2.24) is 9.59 Å². The zero-order chi connectivity index (χ0) is 17.0. The van der Waals surface area contributed by atoms with E-state index in [0.717, 1.165) is 23.7 Å². The van der Waals surface area contributed by atoms with E-state index in [0.29, 0.717) is 6.07 Å². The van der Waals surface area contributed by atoms with Crippen LogP contribution in [0.1, 0.15) is 33.3 Å². The van der Waals surface area contributed by atoms with Crippen molar-refractivity contribution < 1.29 is 27.5 Å². The van der Waals surface area contributed by atoms with Crippen LogP contribution in [0.25, 0.3) is 0 Å². The zero-order valence-corrected chi connectivity index (χ0v) is 12.5. The topological polar surface area (TPSA) is 81.2 Å². The molecule has 0 aliphatic heterocycles. The Hall–Kier alpha value is -2.49. The van der Waals surface area contributed by atoms with Gasteiger partial charge >= 0.3 is 12.1 Å². The Labute approximate surface area is 132 Å². The van der Waals surface area contributed by atoms with E-state index in [1.165, 1.54) is 6.07 Å².